The number of anilines is 2. The summed E-state index contributed by atoms with van der Waals surface area (Å²) in [5.74, 6) is -1.68. The van der Waals surface area contributed by atoms with E-state index in [1.54, 1.807) is 43.3 Å². The van der Waals surface area contributed by atoms with Gasteiger partial charge in [0, 0.05) is 5.02 Å². The number of benzene rings is 2. The maximum atomic E-state index is 13.3. The minimum absolute atomic E-state index is 0.0280. The van der Waals surface area contributed by atoms with Crippen molar-refractivity contribution in [3.05, 3.63) is 70.4 Å². The molecule has 0 saturated carbocycles. The number of hydrogen-bond acceptors (Lipinski definition) is 6. The lowest BCUT2D eigenvalue weighted by Gasteiger charge is -2.26. The molecule has 2 amide bonds. The van der Waals surface area contributed by atoms with Crippen LogP contribution in [0.5, 0.6) is 0 Å². The second kappa shape index (κ2) is 7.25. The van der Waals surface area contributed by atoms with Crippen LogP contribution in [0.4, 0.5) is 11.4 Å². The van der Waals surface area contributed by atoms with E-state index in [1.165, 1.54) is 5.01 Å². The summed E-state index contributed by atoms with van der Waals surface area (Å²) in [6.45, 7) is 3.74. The monoisotopic (exact) mass is 411 g/mol. The van der Waals surface area contributed by atoms with Crippen molar-refractivity contribution in [1.29, 1.82) is 0 Å². The van der Waals surface area contributed by atoms with Crippen molar-refractivity contribution in [2.45, 2.75) is 19.9 Å². The quantitative estimate of drug-likeness (QED) is 0.615. The molecule has 0 spiro atoms. The number of hydrazine groups is 1. The summed E-state index contributed by atoms with van der Waals surface area (Å²) < 4.78 is 5.09. The molecule has 0 radical (unpaired) electrons. The predicted octanol–water partition coefficient (Wildman–Crippen LogP) is 2.73. The van der Waals surface area contributed by atoms with E-state index in [9.17, 15) is 14.4 Å². The lowest BCUT2D eigenvalue weighted by Crippen LogP contribution is -2.46. The lowest BCUT2D eigenvalue weighted by molar-refractivity contribution is -0.139. The van der Waals surface area contributed by atoms with E-state index >= 15 is 0 Å². The van der Waals surface area contributed by atoms with Crippen LogP contribution in [0.3, 0.4) is 0 Å². The first kappa shape index (κ1) is 19.0. The number of ether oxygens (including phenoxy) is 1. The van der Waals surface area contributed by atoms with Gasteiger partial charge < -0.3 is 4.74 Å². The average Bonchev–Trinajstić information content (AvgIpc) is 3.21. The maximum absolute atomic E-state index is 13.3. The fourth-order valence-corrected chi connectivity index (χ4v) is 3.55. The second-order valence-electron chi connectivity index (χ2n) is 6.68. The van der Waals surface area contributed by atoms with E-state index in [1.807, 2.05) is 19.1 Å². The molecule has 0 unspecified atom stereocenters. The summed E-state index contributed by atoms with van der Waals surface area (Å²) in [4.78, 5) is 40.0. The maximum Gasteiger partial charge on any atom is 0.356 e. The van der Waals surface area contributed by atoms with Crippen LogP contribution in [0, 0.1) is 6.92 Å². The number of nitrogens with zero attached hydrogens (tertiary/aromatic N) is 2. The Labute approximate surface area is 172 Å². The Balaban J connectivity index is 1.80. The average molecular weight is 412 g/mol. The molecular formula is C21H18ClN3O4. The van der Waals surface area contributed by atoms with Crippen molar-refractivity contribution in [1.82, 2.24) is 5.43 Å². The molecule has 2 aromatic rings. The Morgan fingerprint density at radius 3 is 2.31 bits per heavy atom. The summed E-state index contributed by atoms with van der Waals surface area (Å²) >= 11 is 5.97. The molecule has 2 aliphatic heterocycles. The van der Waals surface area contributed by atoms with Gasteiger partial charge in [0.1, 0.15) is 0 Å². The van der Waals surface area contributed by atoms with Crippen LogP contribution >= 0.6 is 11.6 Å². The van der Waals surface area contributed by atoms with Gasteiger partial charge in [-0.15, -0.1) is 0 Å². The van der Waals surface area contributed by atoms with Crippen molar-refractivity contribution in [2.24, 2.45) is 0 Å². The van der Waals surface area contributed by atoms with Crippen molar-refractivity contribution in [3.63, 3.8) is 0 Å². The highest BCUT2D eigenvalue weighted by atomic mass is 35.5. The molecule has 1 saturated heterocycles. The number of imide groups is 1. The molecule has 2 heterocycles. The molecule has 7 nitrogen and oxygen atoms in total. The highest BCUT2D eigenvalue weighted by Crippen LogP contribution is 2.37. The molecule has 1 atom stereocenters. The zero-order chi connectivity index (χ0) is 20.7. The Morgan fingerprint density at radius 2 is 1.69 bits per heavy atom. The fraction of sp³-hybridized carbons (Fsp3) is 0.190. The van der Waals surface area contributed by atoms with Crippen molar-refractivity contribution in [2.75, 3.05) is 16.5 Å². The molecule has 29 heavy (non-hydrogen) atoms. The van der Waals surface area contributed by atoms with Crippen LogP contribution < -0.4 is 15.3 Å². The number of nitrogens with one attached hydrogen (secondary N) is 1. The Hall–Kier alpha value is -3.32. The Morgan fingerprint density at radius 1 is 1.07 bits per heavy atom. The van der Waals surface area contributed by atoms with Crippen LogP contribution in [0.15, 0.2) is 59.8 Å². The molecule has 0 aromatic heterocycles. The number of halogens is 1. The van der Waals surface area contributed by atoms with Gasteiger partial charge in [-0.3, -0.25) is 20.0 Å². The number of carbonyl (C=O) groups is 3. The van der Waals surface area contributed by atoms with E-state index in [2.05, 4.69) is 5.43 Å². The summed E-state index contributed by atoms with van der Waals surface area (Å²) in [6, 6.07) is 12.8. The zero-order valence-electron chi connectivity index (χ0n) is 15.8. The normalized spacial score (nSPS) is 18.2. The van der Waals surface area contributed by atoms with Gasteiger partial charge in [-0.05, 0) is 50.2 Å². The van der Waals surface area contributed by atoms with Gasteiger partial charge >= 0.3 is 5.97 Å². The van der Waals surface area contributed by atoms with Gasteiger partial charge in [0.05, 0.1) is 23.6 Å². The van der Waals surface area contributed by atoms with E-state index < -0.39 is 23.8 Å². The molecule has 4 rings (SSSR count). The van der Waals surface area contributed by atoms with Crippen LogP contribution in [-0.4, -0.2) is 30.4 Å². The van der Waals surface area contributed by atoms with E-state index in [0.29, 0.717) is 16.4 Å². The van der Waals surface area contributed by atoms with Crippen molar-refractivity contribution in [3.8, 4) is 0 Å². The third-order valence-corrected chi connectivity index (χ3v) is 5.05. The minimum Gasteiger partial charge on any atom is -0.461 e. The fourth-order valence-electron chi connectivity index (χ4n) is 3.42. The smallest absolute Gasteiger partial charge is 0.356 e. The first-order valence-corrected chi connectivity index (χ1v) is 9.48. The second-order valence-corrected chi connectivity index (χ2v) is 7.12. The summed E-state index contributed by atoms with van der Waals surface area (Å²) in [7, 11) is 0. The zero-order valence-corrected chi connectivity index (χ0v) is 16.6. The molecule has 0 aliphatic carbocycles. The molecule has 148 valence electrons. The Bertz CT molecular complexity index is 1030. The number of amides is 2. The number of carbonyl (C=O) groups excluding carboxylic acids is 3. The molecule has 1 fully saturated rings. The van der Waals surface area contributed by atoms with Gasteiger partial charge in [0.15, 0.2) is 11.7 Å². The molecular weight excluding hydrogens is 394 g/mol. The van der Waals surface area contributed by atoms with E-state index in [0.717, 1.165) is 10.5 Å². The van der Waals surface area contributed by atoms with Crippen LogP contribution in [-0.2, 0) is 19.1 Å². The number of rotatable bonds is 4. The van der Waals surface area contributed by atoms with Crippen molar-refractivity contribution < 1.29 is 19.1 Å². The predicted molar refractivity (Wildman–Crippen MR) is 108 cm³/mol. The van der Waals surface area contributed by atoms with Crippen molar-refractivity contribution >= 4 is 40.8 Å². The van der Waals surface area contributed by atoms with Crippen LogP contribution in [0.25, 0.3) is 0 Å². The molecule has 8 heteroatoms. The largest absolute Gasteiger partial charge is 0.461 e. The number of esters is 1. The first-order valence-electron chi connectivity index (χ1n) is 9.10. The van der Waals surface area contributed by atoms with Crippen LogP contribution in [0.2, 0.25) is 5.02 Å². The highest BCUT2D eigenvalue weighted by Gasteiger charge is 2.54. The number of hydrogen-bond donors (Lipinski definition) is 1. The molecule has 2 aliphatic rings. The van der Waals surface area contributed by atoms with Gasteiger partial charge in [-0.25, -0.2) is 9.69 Å². The van der Waals surface area contributed by atoms with Gasteiger partial charge in [0.25, 0.3) is 11.8 Å². The highest BCUT2D eigenvalue weighted by molar-refractivity contribution is 6.34. The SMILES string of the molecule is CCOC(=O)C1=C2C(=O)N(c3ccc(C)cc3)C(=O)[C@H]2N(c2ccc(Cl)cc2)N1. The van der Waals surface area contributed by atoms with Gasteiger partial charge in [0.2, 0.25) is 0 Å². The van der Waals surface area contributed by atoms with E-state index in [-0.39, 0.29) is 17.9 Å². The minimum atomic E-state index is -0.982. The lowest BCUT2D eigenvalue weighted by atomic mass is 10.1. The van der Waals surface area contributed by atoms with Crippen LogP contribution in [0.1, 0.15) is 12.5 Å². The van der Waals surface area contributed by atoms with Gasteiger partial charge in [-0.1, -0.05) is 29.3 Å². The third kappa shape index (κ3) is 3.13. The summed E-state index contributed by atoms with van der Waals surface area (Å²) in [5.41, 5.74) is 4.97. The third-order valence-electron chi connectivity index (χ3n) is 4.80. The van der Waals surface area contributed by atoms with Gasteiger partial charge in [-0.2, -0.15) is 0 Å². The molecule has 2 aromatic carbocycles. The molecule has 1 N–H and O–H groups in total. The number of fused-ring (bicyclic) bond motifs is 1. The van der Waals surface area contributed by atoms with E-state index in [4.69, 9.17) is 16.3 Å². The number of aryl methyl sites for hydroxylation is 1. The Kier molecular flexibility index (Phi) is 4.76. The summed E-state index contributed by atoms with van der Waals surface area (Å²) in [6.07, 6.45) is 0. The summed E-state index contributed by atoms with van der Waals surface area (Å²) in [5, 5.41) is 2.02. The molecule has 0 bridgehead atoms. The first-order chi connectivity index (χ1) is 13.9. The topological polar surface area (TPSA) is 79.0 Å². The standard InChI is InChI=1S/C21H18ClN3O4/c1-3-29-21(28)17-16-18(25(23-17)15-10-6-13(22)7-11-15)20(27)24(19(16)26)14-8-4-12(2)5-9-14/h4-11,18,23H,3H2,1-2H3/t18-/m0/s1.